The van der Waals surface area contributed by atoms with Crippen LogP contribution in [0.5, 0.6) is 0 Å². The van der Waals surface area contributed by atoms with E-state index in [0.717, 1.165) is 32.4 Å². The zero-order chi connectivity index (χ0) is 13.0. The molecule has 0 aliphatic carbocycles. The molecule has 1 atom stereocenters. The normalized spacial score (nSPS) is 19.9. The fraction of sp³-hybridized carbons (Fsp3) is 0.538. The molecule has 100 valence electrons. The van der Waals surface area contributed by atoms with Crippen molar-refractivity contribution in [2.45, 2.75) is 30.3 Å². The Balaban J connectivity index is 1.96. The summed E-state index contributed by atoms with van der Waals surface area (Å²) in [6.07, 6.45) is 4.70. The number of anilines is 1. The van der Waals surface area contributed by atoms with Crippen molar-refractivity contribution in [3.63, 3.8) is 0 Å². The Hall–Kier alpha value is -1.07. The molecule has 1 aliphatic rings. The molecule has 0 radical (unpaired) electrons. The van der Waals surface area contributed by atoms with E-state index in [4.69, 9.17) is 4.74 Å². The lowest BCUT2D eigenvalue weighted by molar-refractivity contribution is 0.107. The molecule has 0 aromatic heterocycles. The van der Waals surface area contributed by atoms with E-state index < -0.39 is 9.84 Å². The van der Waals surface area contributed by atoms with E-state index in [1.54, 1.807) is 18.2 Å². The van der Waals surface area contributed by atoms with Crippen LogP contribution in [0.15, 0.2) is 29.2 Å². The largest absolute Gasteiger partial charge is 0.384 e. The molecule has 1 aromatic carbocycles. The molecule has 1 fully saturated rings. The molecule has 0 spiro atoms. The Morgan fingerprint density at radius 3 is 2.83 bits per heavy atom. The van der Waals surface area contributed by atoms with Gasteiger partial charge in [0.05, 0.1) is 16.7 Å². The zero-order valence-corrected chi connectivity index (χ0v) is 11.4. The summed E-state index contributed by atoms with van der Waals surface area (Å²) in [4.78, 5) is 0.359. The van der Waals surface area contributed by atoms with Gasteiger partial charge in [-0.2, -0.15) is 0 Å². The minimum atomic E-state index is -3.18. The topological polar surface area (TPSA) is 55.4 Å². The number of ether oxygens (including phenoxy) is 1. The van der Waals surface area contributed by atoms with Gasteiger partial charge in [-0.25, -0.2) is 8.42 Å². The molecule has 2 rings (SSSR count). The van der Waals surface area contributed by atoms with Crippen LogP contribution in [0.2, 0.25) is 0 Å². The van der Waals surface area contributed by atoms with Gasteiger partial charge in [-0.15, -0.1) is 0 Å². The van der Waals surface area contributed by atoms with E-state index in [1.165, 1.54) is 6.26 Å². The standard InChI is InChI=1S/C13H19NO3S/c1-18(15,16)13-7-3-2-6-12(13)14-9-8-11-5-4-10-17-11/h2-3,6-7,11,14H,4-5,8-10H2,1H3. The van der Waals surface area contributed by atoms with E-state index in [1.807, 2.05) is 6.07 Å². The fourth-order valence-corrected chi connectivity index (χ4v) is 3.04. The van der Waals surface area contributed by atoms with Crippen molar-refractivity contribution < 1.29 is 13.2 Å². The quantitative estimate of drug-likeness (QED) is 0.889. The Morgan fingerprint density at radius 2 is 2.17 bits per heavy atom. The van der Waals surface area contributed by atoms with Gasteiger partial charge >= 0.3 is 0 Å². The van der Waals surface area contributed by atoms with E-state index in [9.17, 15) is 8.42 Å². The third kappa shape index (κ3) is 3.46. The molecule has 1 N–H and O–H groups in total. The summed E-state index contributed by atoms with van der Waals surface area (Å²) in [5, 5.41) is 3.19. The minimum Gasteiger partial charge on any atom is -0.384 e. The lowest BCUT2D eigenvalue weighted by atomic mass is 10.2. The van der Waals surface area contributed by atoms with Crippen LogP contribution in [-0.4, -0.2) is 33.9 Å². The SMILES string of the molecule is CS(=O)(=O)c1ccccc1NCCC1CCCO1. The number of hydrogen-bond acceptors (Lipinski definition) is 4. The highest BCUT2D eigenvalue weighted by Crippen LogP contribution is 2.21. The molecular formula is C13H19NO3S. The first-order valence-electron chi connectivity index (χ1n) is 6.22. The molecule has 1 heterocycles. The molecular weight excluding hydrogens is 250 g/mol. The Labute approximate surface area is 108 Å². The Bertz CT molecular complexity index is 493. The first-order valence-corrected chi connectivity index (χ1v) is 8.11. The van der Waals surface area contributed by atoms with Crippen LogP contribution in [0, 0.1) is 0 Å². The number of nitrogens with one attached hydrogen (secondary N) is 1. The number of sulfone groups is 1. The van der Waals surface area contributed by atoms with Crippen LogP contribution < -0.4 is 5.32 Å². The average Bonchev–Trinajstić information content (AvgIpc) is 2.81. The van der Waals surface area contributed by atoms with Gasteiger partial charge in [-0.3, -0.25) is 0 Å². The van der Waals surface area contributed by atoms with Crippen molar-refractivity contribution in [2.75, 3.05) is 24.7 Å². The zero-order valence-electron chi connectivity index (χ0n) is 10.6. The van der Waals surface area contributed by atoms with Crippen molar-refractivity contribution >= 4 is 15.5 Å². The van der Waals surface area contributed by atoms with Crippen molar-refractivity contribution in [3.05, 3.63) is 24.3 Å². The highest BCUT2D eigenvalue weighted by molar-refractivity contribution is 7.90. The van der Waals surface area contributed by atoms with Gasteiger partial charge in [0.15, 0.2) is 9.84 Å². The second kappa shape index (κ2) is 5.71. The van der Waals surface area contributed by atoms with Crippen molar-refractivity contribution in [1.82, 2.24) is 0 Å². The predicted octanol–water partition coefficient (Wildman–Crippen LogP) is 2.07. The van der Waals surface area contributed by atoms with Gasteiger partial charge in [-0.05, 0) is 31.4 Å². The lowest BCUT2D eigenvalue weighted by Gasteiger charge is -2.13. The maximum absolute atomic E-state index is 11.6. The molecule has 5 heteroatoms. The number of para-hydroxylation sites is 1. The van der Waals surface area contributed by atoms with Crippen molar-refractivity contribution in [2.24, 2.45) is 0 Å². The van der Waals surface area contributed by atoms with Crippen LogP contribution in [0.3, 0.4) is 0 Å². The monoisotopic (exact) mass is 269 g/mol. The third-order valence-corrected chi connectivity index (χ3v) is 4.25. The van der Waals surface area contributed by atoms with Gasteiger partial charge in [0.1, 0.15) is 0 Å². The van der Waals surface area contributed by atoms with E-state index in [2.05, 4.69) is 5.32 Å². The summed E-state index contributed by atoms with van der Waals surface area (Å²) in [6.45, 7) is 1.59. The summed E-state index contributed by atoms with van der Waals surface area (Å²) < 4.78 is 28.7. The summed E-state index contributed by atoms with van der Waals surface area (Å²) in [7, 11) is -3.18. The van der Waals surface area contributed by atoms with E-state index in [0.29, 0.717) is 16.7 Å². The van der Waals surface area contributed by atoms with Gasteiger partial charge < -0.3 is 10.1 Å². The van der Waals surface area contributed by atoms with Crippen molar-refractivity contribution in [1.29, 1.82) is 0 Å². The fourth-order valence-electron chi connectivity index (χ4n) is 2.18. The first kappa shape index (κ1) is 13.4. The molecule has 1 saturated heterocycles. The molecule has 0 bridgehead atoms. The Kier molecular flexibility index (Phi) is 4.24. The van der Waals surface area contributed by atoms with Gasteiger partial charge in [0, 0.05) is 19.4 Å². The van der Waals surface area contributed by atoms with Crippen LogP contribution >= 0.6 is 0 Å². The lowest BCUT2D eigenvalue weighted by Crippen LogP contribution is -2.14. The number of benzene rings is 1. The minimum absolute atomic E-state index is 0.322. The highest BCUT2D eigenvalue weighted by Gasteiger charge is 2.16. The maximum atomic E-state index is 11.6. The number of hydrogen-bond donors (Lipinski definition) is 1. The van der Waals surface area contributed by atoms with Crippen LogP contribution in [0.25, 0.3) is 0 Å². The van der Waals surface area contributed by atoms with E-state index in [-0.39, 0.29) is 0 Å². The van der Waals surface area contributed by atoms with Crippen LogP contribution in [-0.2, 0) is 14.6 Å². The van der Waals surface area contributed by atoms with Crippen LogP contribution in [0.1, 0.15) is 19.3 Å². The summed E-state index contributed by atoms with van der Waals surface area (Å²) >= 11 is 0. The summed E-state index contributed by atoms with van der Waals surface area (Å²) in [5.74, 6) is 0. The van der Waals surface area contributed by atoms with Crippen LogP contribution in [0.4, 0.5) is 5.69 Å². The summed E-state index contributed by atoms with van der Waals surface area (Å²) in [6, 6.07) is 7.00. The molecule has 4 nitrogen and oxygen atoms in total. The molecule has 0 saturated carbocycles. The average molecular weight is 269 g/mol. The third-order valence-electron chi connectivity index (χ3n) is 3.09. The van der Waals surface area contributed by atoms with Gasteiger partial charge in [0.25, 0.3) is 0 Å². The van der Waals surface area contributed by atoms with E-state index >= 15 is 0 Å². The second-order valence-corrected chi connectivity index (χ2v) is 6.60. The van der Waals surface area contributed by atoms with Gasteiger partial charge in [0.2, 0.25) is 0 Å². The Morgan fingerprint density at radius 1 is 1.39 bits per heavy atom. The second-order valence-electron chi connectivity index (χ2n) is 4.62. The smallest absolute Gasteiger partial charge is 0.177 e. The maximum Gasteiger partial charge on any atom is 0.177 e. The molecule has 1 aliphatic heterocycles. The van der Waals surface area contributed by atoms with Crippen molar-refractivity contribution in [3.8, 4) is 0 Å². The number of rotatable bonds is 5. The first-order chi connectivity index (χ1) is 8.57. The molecule has 0 amide bonds. The predicted molar refractivity (Wildman–Crippen MR) is 71.6 cm³/mol. The molecule has 18 heavy (non-hydrogen) atoms. The highest BCUT2D eigenvalue weighted by atomic mass is 32.2. The summed E-state index contributed by atoms with van der Waals surface area (Å²) in [5.41, 5.74) is 0.679. The molecule has 1 aromatic rings. The molecule has 1 unspecified atom stereocenters. The van der Waals surface area contributed by atoms with Gasteiger partial charge in [-0.1, -0.05) is 12.1 Å².